The van der Waals surface area contributed by atoms with Gasteiger partial charge in [-0.2, -0.15) is 0 Å². The molecule has 2 N–H and O–H groups in total. The molecule has 0 amide bonds. The van der Waals surface area contributed by atoms with Crippen LogP contribution in [0.1, 0.15) is 38.3 Å². The molecule has 1 unspecified atom stereocenters. The Bertz CT molecular complexity index is 432. The van der Waals surface area contributed by atoms with Gasteiger partial charge in [0, 0.05) is 29.6 Å². The average molecular weight is 346 g/mol. The van der Waals surface area contributed by atoms with Gasteiger partial charge in [0.2, 0.25) is 0 Å². The summed E-state index contributed by atoms with van der Waals surface area (Å²) in [4.78, 5) is 2.51. The Morgan fingerprint density at radius 1 is 1.42 bits per heavy atom. The van der Waals surface area contributed by atoms with Crippen LogP contribution < -0.4 is 5.73 Å². The summed E-state index contributed by atoms with van der Waals surface area (Å²) in [6.45, 7) is 6.26. The van der Waals surface area contributed by atoms with Gasteiger partial charge in [-0.1, -0.05) is 17.7 Å². The molecule has 1 aliphatic rings. The van der Waals surface area contributed by atoms with Gasteiger partial charge < -0.3 is 5.73 Å². The van der Waals surface area contributed by atoms with E-state index < -0.39 is 0 Å². The smallest absolute Gasteiger partial charge is 0.0551 e. The summed E-state index contributed by atoms with van der Waals surface area (Å²) in [5.41, 5.74) is 7.24. The summed E-state index contributed by atoms with van der Waals surface area (Å²) < 4.78 is 0.937. The van der Waals surface area contributed by atoms with Gasteiger partial charge in [-0.15, -0.1) is 0 Å². The lowest BCUT2D eigenvalue weighted by Crippen LogP contribution is -2.40. The molecule has 19 heavy (non-hydrogen) atoms. The van der Waals surface area contributed by atoms with Crippen molar-refractivity contribution in [3.05, 3.63) is 33.3 Å². The van der Waals surface area contributed by atoms with Crippen LogP contribution in [0.3, 0.4) is 0 Å². The third kappa shape index (κ3) is 3.94. The summed E-state index contributed by atoms with van der Waals surface area (Å²) in [5, 5.41) is 0.756. The monoisotopic (exact) mass is 344 g/mol. The fraction of sp³-hybridized carbons (Fsp3) is 0.600. The molecule has 1 saturated carbocycles. The van der Waals surface area contributed by atoms with Gasteiger partial charge in [0.1, 0.15) is 0 Å². The average Bonchev–Trinajstić information content (AvgIpc) is 3.17. The zero-order valence-electron chi connectivity index (χ0n) is 11.6. The van der Waals surface area contributed by atoms with Crippen molar-refractivity contribution in [3.63, 3.8) is 0 Å². The maximum Gasteiger partial charge on any atom is 0.0551 e. The Balaban J connectivity index is 2.21. The molecule has 0 radical (unpaired) electrons. The Morgan fingerprint density at radius 2 is 2.11 bits per heavy atom. The molecule has 106 valence electrons. The first-order chi connectivity index (χ1) is 9.02. The summed E-state index contributed by atoms with van der Waals surface area (Å²) in [6, 6.07) is 6.92. The second-order valence-electron chi connectivity index (χ2n) is 5.66. The van der Waals surface area contributed by atoms with Crippen molar-refractivity contribution in [2.45, 2.75) is 38.8 Å². The van der Waals surface area contributed by atoms with Crippen LogP contribution in [0.25, 0.3) is 0 Å². The Hall–Kier alpha value is -0.0900. The molecule has 0 aromatic heterocycles. The number of halogens is 2. The molecule has 2 nitrogen and oxygen atoms in total. The maximum absolute atomic E-state index is 6.21. The van der Waals surface area contributed by atoms with Crippen molar-refractivity contribution >= 4 is 27.5 Å². The van der Waals surface area contributed by atoms with Gasteiger partial charge in [0.15, 0.2) is 0 Å². The highest BCUT2D eigenvalue weighted by atomic mass is 79.9. The highest BCUT2D eigenvalue weighted by Crippen LogP contribution is 2.35. The van der Waals surface area contributed by atoms with E-state index >= 15 is 0 Å². The van der Waals surface area contributed by atoms with E-state index in [-0.39, 0.29) is 6.04 Å². The van der Waals surface area contributed by atoms with Gasteiger partial charge in [0.25, 0.3) is 0 Å². The van der Waals surface area contributed by atoms with E-state index in [2.05, 4.69) is 40.7 Å². The molecule has 0 spiro atoms. The molecule has 0 saturated heterocycles. The third-order valence-corrected chi connectivity index (χ3v) is 5.01. The summed E-state index contributed by atoms with van der Waals surface area (Å²) >= 11 is 9.65. The minimum Gasteiger partial charge on any atom is -0.329 e. The molecule has 4 heteroatoms. The molecule has 0 aliphatic heterocycles. The fourth-order valence-electron chi connectivity index (χ4n) is 2.48. The largest absolute Gasteiger partial charge is 0.329 e. The lowest BCUT2D eigenvalue weighted by atomic mass is 10.0. The topological polar surface area (TPSA) is 29.3 Å². The van der Waals surface area contributed by atoms with Crippen LogP contribution in [0.2, 0.25) is 5.02 Å². The SMILES string of the molecule is CC(C)N(CC1CC1)C(CN)c1ccc(Br)c(Cl)c1. The standard InChI is InChI=1S/C15H22BrClN2/c1-10(2)19(9-11-3-4-11)15(8-18)12-5-6-13(16)14(17)7-12/h5-7,10-11,15H,3-4,8-9,18H2,1-2H3. The van der Waals surface area contributed by atoms with Crippen LogP contribution in [0, 0.1) is 5.92 Å². The van der Waals surface area contributed by atoms with Crippen LogP contribution in [0.5, 0.6) is 0 Å². The highest BCUT2D eigenvalue weighted by Gasteiger charge is 2.29. The second-order valence-corrected chi connectivity index (χ2v) is 6.92. The van der Waals surface area contributed by atoms with E-state index in [4.69, 9.17) is 17.3 Å². The number of benzene rings is 1. The minimum absolute atomic E-state index is 0.256. The first kappa shape index (κ1) is 15.3. The molecule has 2 rings (SSSR count). The number of hydrogen-bond donors (Lipinski definition) is 1. The molecule has 0 heterocycles. The number of rotatable bonds is 6. The summed E-state index contributed by atoms with van der Waals surface area (Å²) in [5.74, 6) is 0.863. The zero-order valence-corrected chi connectivity index (χ0v) is 13.9. The van der Waals surface area contributed by atoms with Gasteiger partial charge in [-0.25, -0.2) is 0 Å². The summed E-state index contributed by atoms with van der Waals surface area (Å²) in [6.07, 6.45) is 2.73. The third-order valence-electron chi connectivity index (χ3n) is 3.78. The zero-order chi connectivity index (χ0) is 14.0. The quantitative estimate of drug-likeness (QED) is 0.836. The minimum atomic E-state index is 0.256. The van der Waals surface area contributed by atoms with E-state index in [1.165, 1.54) is 18.4 Å². The van der Waals surface area contributed by atoms with Crippen molar-refractivity contribution in [3.8, 4) is 0 Å². The number of nitrogens with two attached hydrogens (primary N) is 1. The predicted octanol–water partition coefficient (Wildman–Crippen LogP) is 4.22. The molecule has 1 aromatic rings. The van der Waals surface area contributed by atoms with Crippen LogP contribution in [-0.2, 0) is 0 Å². The molecular formula is C15H22BrClN2. The van der Waals surface area contributed by atoms with Gasteiger partial charge in [-0.05, 0) is 66.2 Å². The van der Waals surface area contributed by atoms with E-state index in [9.17, 15) is 0 Å². The van der Waals surface area contributed by atoms with Crippen molar-refractivity contribution in [2.75, 3.05) is 13.1 Å². The van der Waals surface area contributed by atoms with E-state index in [1.807, 2.05) is 12.1 Å². The van der Waals surface area contributed by atoms with Crippen molar-refractivity contribution in [2.24, 2.45) is 11.7 Å². The molecule has 1 aromatic carbocycles. The molecule has 0 bridgehead atoms. The molecule has 1 aliphatic carbocycles. The normalized spacial score (nSPS) is 17.2. The molecule has 1 fully saturated rings. The highest BCUT2D eigenvalue weighted by molar-refractivity contribution is 9.10. The van der Waals surface area contributed by atoms with E-state index in [0.29, 0.717) is 12.6 Å². The first-order valence-corrected chi connectivity index (χ1v) is 8.10. The van der Waals surface area contributed by atoms with Crippen molar-refractivity contribution in [1.29, 1.82) is 0 Å². The van der Waals surface area contributed by atoms with Crippen LogP contribution in [0.15, 0.2) is 22.7 Å². The van der Waals surface area contributed by atoms with Crippen LogP contribution in [0.4, 0.5) is 0 Å². The Morgan fingerprint density at radius 3 is 2.58 bits per heavy atom. The second kappa shape index (κ2) is 6.57. The lowest BCUT2D eigenvalue weighted by Gasteiger charge is -2.35. The Kier molecular flexibility index (Phi) is 5.29. The van der Waals surface area contributed by atoms with E-state index in [0.717, 1.165) is 22.0 Å². The predicted molar refractivity (Wildman–Crippen MR) is 85.5 cm³/mol. The maximum atomic E-state index is 6.21. The number of hydrogen-bond acceptors (Lipinski definition) is 2. The Labute approximate surface area is 129 Å². The molecule has 1 atom stereocenters. The fourth-order valence-corrected chi connectivity index (χ4v) is 2.91. The lowest BCUT2D eigenvalue weighted by molar-refractivity contribution is 0.149. The number of nitrogens with zero attached hydrogens (tertiary/aromatic N) is 1. The van der Waals surface area contributed by atoms with E-state index in [1.54, 1.807) is 0 Å². The molecular weight excluding hydrogens is 324 g/mol. The first-order valence-electron chi connectivity index (χ1n) is 6.93. The van der Waals surface area contributed by atoms with Crippen LogP contribution in [-0.4, -0.2) is 24.0 Å². The van der Waals surface area contributed by atoms with Crippen LogP contribution >= 0.6 is 27.5 Å². The summed E-state index contributed by atoms with van der Waals surface area (Å²) in [7, 11) is 0. The van der Waals surface area contributed by atoms with Gasteiger partial charge >= 0.3 is 0 Å². The van der Waals surface area contributed by atoms with Crippen molar-refractivity contribution < 1.29 is 0 Å². The van der Waals surface area contributed by atoms with Gasteiger partial charge in [-0.3, -0.25) is 4.90 Å². The van der Waals surface area contributed by atoms with Gasteiger partial charge in [0.05, 0.1) is 5.02 Å². The van der Waals surface area contributed by atoms with Crippen molar-refractivity contribution in [1.82, 2.24) is 4.90 Å².